The number of benzene rings is 2. The number of hydrogen-bond acceptors (Lipinski definition) is 5. The number of methoxy groups -OCH3 is 1. The average molecular weight is 427 g/mol. The highest BCUT2D eigenvalue weighted by Gasteiger charge is 2.37. The van der Waals surface area contributed by atoms with E-state index in [9.17, 15) is 14.7 Å². The molecule has 2 aromatic carbocycles. The van der Waals surface area contributed by atoms with Gasteiger partial charge in [-0.25, -0.2) is 0 Å². The van der Waals surface area contributed by atoms with Crippen molar-refractivity contribution in [2.45, 2.75) is 43.7 Å². The predicted molar refractivity (Wildman–Crippen MR) is 117 cm³/mol. The van der Waals surface area contributed by atoms with Gasteiger partial charge in [0.25, 0.3) is 0 Å². The first-order valence-corrected chi connectivity index (χ1v) is 10.5. The average Bonchev–Trinajstić information content (AvgIpc) is 3.16. The first-order chi connectivity index (χ1) is 15.0. The van der Waals surface area contributed by atoms with E-state index < -0.39 is 11.6 Å². The third kappa shape index (κ3) is 7.00. The number of nitrogens with one attached hydrogen (secondary N) is 2. The van der Waals surface area contributed by atoms with Gasteiger partial charge in [0.05, 0.1) is 7.11 Å². The number of amides is 2. The molecule has 1 fully saturated rings. The Labute approximate surface area is 182 Å². The molecule has 0 spiro atoms. The Morgan fingerprint density at radius 2 is 1.97 bits per heavy atom. The van der Waals surface area contributed by atoms with Gasteiger partial charge >= 0.3 is 0 Å². The molecule has 166 valence electrons. The second-order valence-electron chi connectivity index (χ2n) is 7.94. The summed E-state index contributed by atoms with van der Waals surface area (Å²) in [6, 6.07) is 17.1. The molecule has 2 amide bonds. The Morgan fingerprint density at radius 3 is 2.68 bits per heavy atom. The van der Waals surface area contributed by atoms with Crippen molar-refractivity contribution in [3.05, 3.63) is 60.2 Å². The number of aliphatic hydroxyl groups excluding tert-OH is 1. The molecule has 7 heteroatoms. The van der Waals surface area contributed by atoms with Gasteiger partial charge in [-0.2, -0.15) is 0 Å². The minimum Gasteiger partial charge on any atom is -0.497 e. The topological polar surface area (TPSA) is 96.9 Å². The van der Waals surface area contributed by atoms with E-state index in [1.54, 1.807) is 31.4 Å². The van der Waals surface area contributed by atoms with Crippen molar-refractivity contribution in [2.24, 2.45) is 0 Å². The third-order valence-electron chi connectivity index (χ3n) is 5.47. The lowest BCUT2D eigenvalue weighted by Gasteiger charge is -2.29. The molecule has 0 aliphatic carbocycles. The van der Waals surface area contributed by atoms with Gasteiger partial charge in [0, 0.05) is 31.0 Å². The molecule has 1 saturated heterocycles. The lowest BCUT2D eigenvalue weighted by Crippen LogP contribution is -2.45. The van der Waals surface area contributed by atoms with Gasteiger partial charge in [0.1, 0.15) is 24.2 Å². The zero-order chi connectivity index (χ0) is 22.1. The number of carbonyl (C=O) groups excluding carboxylic acids is 2. The van der Waals surface area contributed by atoms with Crippen molar-refractivity contribution >= 4 is 11.8 Å². The van der Waals surface area contributed by atoms with Crippen LogP contribution in [-0.2, 0) is 16.0 Å². The van der Waals surface area contributed by atoms with E-state index in [0.29, 0.717) is 37.2 Å². The summed E-state index contributed by atoms with van der Waals surface area (Å²) in [7, 11) is 1.57. The first-order valence-electron chi connectivity index (χ1n) is 10.5. The van der Waals surface area contributed by atoms with Gasteiger partial charge in [0.15, 0.2) is 0 Å². The van der Waals surface area contributed by atoms with E-state index in [0.717, 1.165) is 5.56 Å². The number of hydrogen-bond donors (Lipinski definition) is 3. The van der Waals surface area contributed by atoms with Crippen molar-refractivity contribution in [1.82, 2.24) is 10.6 Å². The number of ether oxygens (including phenoxy) is 2. The van der Waals surface area contributed by atoms with Crippen LogP contribution in [0.25, 0.3) is 0 Å². The van der Waals surface area contributed by atoms with Gasteiger partial charge in [-0.3, -0.25) is 9.59 Å². The molecule has 0 radical (unpaired) electrons. The third-order valence-corrected chi connectivity index (χ3v) is 5.47. The Kier molecular flexibility index (Phi) is 7.89. The van der Waals surface area contributed by atoms with E-state index in [2.05, 4.69) is 10.6 Å². The van der Waals surface area contributed by atoms with Crippen molar-refractivity contribution in [1.29, 1.82) is 0 Å². The van der Waals surface area contributed by atoms with Crippen molar-refractivity contribution in [3.8, 4) is 11.5 Å². The minimum atomic E-state index is -0.834. The number of carbonyl (C=O) groups is 2. The highest BCUT2D eigenvalue weighted by molar-refractivity contribution is 5.80. The SMILES string of the molecule is COc1cccc(OC[C@@H](O)CNC(=O)CC[C@@]2(Cc3ccccc3)CCC(=O)N2)c1. The lowest BCUT2D eigenvalue weighted by atomic mass is 9.85. The molecule has 0 bridgehead atoms. The van der Waals surface area contributed by atoms with Crippen LogP contribution < -0.4 is 20.1 Å². The predicted octanol–water partition coefficient (Wildman–Crippen LogP) is 2.22. The molecule has 2 atom stereocenters. The highest BCUT2D eigenvalue weighted by Crippen LogP contribution is 2.29. The molecule has 2 aromatic rings. The molecule has 1 aliphatic heterocycles. The maximum absolute atomic E-state index is 12.3. The van der Waals surface area contributed by atoms with E-state index in [4.69, 9.17) is 9.47 Å². The van der Waals surface area contributed by atoms with Gasteiger partial charge in [-0.05, 0) is 37.0 Å². The van der Waals surface area contributed by atoms with Crippen LogP contribution >= 0.6 is 0 Å². The Bertz CT molecular complexity index is 873. The van der Waals surface area contributed by atoms with Crippen LogP contribution in [0.1, 0.15) is 31.2 Å². The standard InChI is InChI=1S/C24H30N2O5/c1-30-20-8-5-9-21(14-20)31-17-19(27)16-25-22(28)10-12-24(13-11-23(29)26-24)15-18-6-3-2-4-7-18/h2-9,14,19,27H,10-13,15-17H2,1H3,(H,25,28)(H,26,29)/t19-,24-/m0/s1. The second kappa shape index (κ2) is 10.8. The van der Waals surface area contributed by atoms with Crippen LogP contribution in [0.3, 0.4) is 0 Å². The lowest BCUT2D eigenvalue weighted by molar-refractivity contribution is -0.123. The Hall–Kier alpha value is -3.06. The van der Waals surface area contributed by atoms with E-state index in [1.165, 1.54) is 0 Å². The molecule has 1 aliphatic rings. The molecule has 31 heavy (non-hydrogen) atoms. The van der Waals surface area contributed by atoms with E-state index >= 15 is 0 Å². The second-order valence-corrected chi connectivity index (χ2v) is 7.94. The summed E-state index contributed by atoms with van der Waals surface area (Å²) in [6.07, 6.45) is 1.88. The Morgan fingerprint density at radius 1 is 1.19 bits per heavy atom. The van der Waals surface area contributed by atoms with Crippen LogP contribution in [-0.4, -0.2) is 48.8 Å². The molecule has 3 N–H and O–H groups in total. The van der Waals surface area contributed by atoms with E-state index in [1.807, 2.05) is 30.3 Å². The number of aliphatic hydroxyl groups is 1. The van der Waals surface area contributed by atoms with Crippen LogP contribution in [0.5, 0.6) is 11.5 Å². The van der Waals surface area contributed by atoms with Gasteiger partial charge < -0.3 is 25.2 Å². The molecule has 1 heterocycles. The van der Waals surface area contributed by atoms with Crippen molar-refractivity contribution in [2.75, 3.05) is 20.3 Å². The zero-order valence-electron chi connectivity index (χ0n) is 17.8. The summed E-state index contributed by atoms with van der Waals surface area (Å²) in [4.78, 5) is 24.2. The first kappa shape index (κ1) is 22.6. The zero-order valence-corrected chi connectivity index (χ0v) is 17.8. The van der Waals surface area contributed by atoms with Crippen molar-refractivity contribution < 1.29 is 24.2 Å². The summed E-state index contributed by atoms with van der Waals surface area (Å²) in [5.41, 5.74) is 0.736. The summed E-state index contributed by atoms with van der Waals surface area (Å²) < 4.78 is 10.7. The molecule has 0 unspecified atom stereocenters. The Balaban J connectivity index is 1.43. The molecule has 0 saturated carbocycles. The molecular formula is C24H30N2O5. The van der Waals surface area contributed by atoms with E-state index in [-0.39, 0.29) is 31.4 Å². The maximum atomic E-state index is 12.3. The van der Waals surface area contributed by atoms with Crippen LogP contribution in [0.2, 0.25) is 0 Å². The maximum Gasteiger partial charge on any atom is 0.220 e. The largest absolute Gasteiger partial charge is 0.497 e. The van der Waals surface area contributed by atoms with Crippen LogP contribution in [0, 0.1) is 0 Å². The minimum absolute atomic E-state index is 0.0291. The summed E-state index contributed by atoms with van der Waals surface area (Å²) in [5.74, 6) is 1.13. The van der Waals surface area contributed by atoms with Crippen molar-refractivity contribution in [3.63, 3.8) is 0 Å². The molecule has 3 rings (SSSR count). The monoisotopic (exact) mass is 426 g/mol. The van der Waals surface area contributed by atoms with Gasteiger partial charge in [-0.1, -0.05) is 36.4 Å². The summed E-state index contributed by atoms with van der Waals surface area (Å²) in [5, 5.41) is 16.0. The fraction of sp³-hybridized carbons (Fsp3) is 0.417. The molecular weight excluding hydrogens is 396 g/mol. The van der Waals surface area contributed by atoms with Crippen LogP contribution in [0.4, 0.5) is 0 Å². The molecule has 7 nitrogen and oxygen atoms in total. The van der Waals surface area contributed by atoms with Gasteiger partial charge in [0.2, 0.25) is 11.8 Å². The number of rotatable bonds is 11. The highest BCUT2D eigenvalue weighted by atomic mass is 16.5. The van der Waals surface area contributed by atoms with Crippen LogP contribution in [0.15, 0.2) is 54.6 Å². The summed E-state index contributed by atoms with van der Waals surface area (Å²) in [6.45, 7) is 0.155. The smallest absolute Gasteiger partial charge is 0.220 e. The molecule has 0 aromatic heterocycles. The fourth-order valence-corrected chi connectivity index (χ4v) is 3.78. The summed E-state index contributed by atoms with van der Waals surface area (Å²) >= 11 is 0. The quantitative estimate of drug-likeness (QED) is 0.512. The normalized spacial score (nSPS) is 18.8. The fourth-order valence-electron chi connectivity index (χ4n) is 3.78. The van der Waals surface area contributed by atoms with Gasteiger partial charge in [-0.15, -0.1) is 0 Å².